The van der Waals surface area contributed by atoms with Crippen molar-refractivity contribution < 1.29 is 0 Å². The van der Waals surface area contributed by atoms with Crippen LogP contribution in [-0.4, -0.2) is 23.6 Å². The first-order valence-electron chi connectivity index (χ1n) is 6.41. The molecule has 0 spiro atoms. The van der Waals surface area contributed by atoms with E-state index in [0.717, 1.165) is 24.2 Å². The molecule has 0 saturated heterocycles. The van der Waals surface area contributed by atoms with Gasteiger partial charge in [-0.2, -0.15) is 0 Å². The van der Waals surface area contributed by atoms with Gasteiger partial charge in [-0.15, -0.1) is 0 Å². The van der Waals surface area contributed by atoms with Crippen molar-refractivity contribution in [2.45, 2.75) is 12.8 Å². The van der Waals surface area contributed by atoms with Gasteiger partial charge in [0.1, 0.15) is 5.69 Å². The van der Waals surface area contributed by atoms with Crippen LogP contribution in [0.15, 0.2) is 30.6 Å². The van der Waals surface area contributed by atoms with Crippen LogP contribution in [0.1, 0.15) is 12.0 Å². The van der Waals surface area contributed by atoms with E-state index in [9.17, 15) is 0 Å². The molecule has 5 heteroatoms. The normalized spacial score (nSPS) is 14.1. The monoisotopic (exact) mass is 255 g/mol. The molecule has 98 valence electrons. The SMILES string of the molecule is CN1CCCc2cc(-c3nccnc3NN)ccc21. The van der Waals surface area contributed by atoms with E-state index in [4.69, 9.17) is 5.84 Å². The Morgan fingerprint density at radius 2 is 2.11 bits per heavy atom. The van der Waals surface area contributed by atoms with Crippen molar-refractivity contribution in [3.63, 3.8) is 0 Å². The Morgan fingerprint density at radius 1 is 1.26 bits per heavy atom. The molecular weight excluding hydrogens is 238 g/mol. The summed E-state index contributed by atoms with van der Waals surface area (Å²) < 4.78 is 0. The number of nitrogens with one attached hydrogen (secondary N) is 1. The quantitative estimate of drug-likeness (QED) is 0.633. The van der Waals surface area contributed by atoms with Gasteiger partial charge < -0.3 is 10.3 Å². The second-order valence-corrected chi connectivity index (χ2v) is 4.77. The maximum Gasteiger partial charge on any atom is 0.166 e. The Morgan fingerprint density at radius 3 is 2.95 bits per heavy atom. The molecule has 0 unspecified atom stereocenters. The highest BCUT2D eigenvalue weighted by molar-refractivity contribution is 5.74. The smallest absolute Gasteiger partial charge is 0.166 e. The maximum atomic E-state index is 5.49. The predicted molar refractivity (Wildman–Crippen MR) is 76.9 cm³/mol. The fourth-order valence-corrected chi connectivity index (χ4v) is 2.59. The summed E-state index contributed by atoms with van der Waals surface area (Å²) in [5, 5.41) is 0. The van der Waals surface area contributed by atoms with E-state index in [1.165, 1.54) is 17.7 Å². The van der Waals surface area contributed by atoms with Crippen LogP contribution in [0, 0.1) is 0 Å². The van der Waals surface area contributed by atoms with Crippen LogP contribution in [0.5, 0.6) is 0 Å². The second kappa shape index (κ2) is 4.85. The third-order valence-electron chi connectivity index (χ3n) is 3.54. The molecule has 0 radical (unpaired) electrons. The number of hydrogen-bond donors (Lipinski definition) is 2. The number of nitrogen functional groups attached to an aromatic ring is 1. The minimum Gasteiger partial charge on any atom is -0.374 e. The number of aromatic nitrogens is 2. The number of nitrogens with zero attached hydrogens (tertiary/aromatic N) is 3. The van der Waals surface area contributed by atoms with Gasteiger partial charge >= 0.3 is 0 Å². The third-order valence-corrected chi connectivity index (χ3v) is 3.54. The molecule has 2 heterocycles. The molecule has 1 aromatic heterocycles. The molecule has 2 aromatic rings. The zero-order valence-electron chi connectivity index (χ0n) is 10.9. The van der Waals surface area contributed by atoms with E-state index in [1.807, 2.05) is 0 Å². The van der Waals surface area contributed by atoms with Crippen LogP contribution in [0.25, 0.3) is 11.3 Å². The first-order chi connectivity index (χ1) is 9.29. The molecule has 0 aliphatic carbocycles. The zero-order chi connectivity index (χ0) is 13.2. The molecule has 1 aliphatic rings. The van der Waals surface area contributed by atoms with Gasteiger partial charge in [0.05, 0.1) is 0 Å². The minimum absolute atomic E-state index is 0.603. The summed E-state index contributed by atoms with van der Waals surface area (Å²) in [4.78, 5) is 10.9. The summed E-state index contributed by atoms with van der Waals surface area (Å²) in [6, 6.07) is 6.42. The van der Waals surface area contributed by atoms with Gasteiger partial charge in [0.15, 0.2) is 5.82 Å². The van der Waals surface area contributed by atoms with Crippen molar-refractivity contribution in [3.8, 4) is 11.3 Å². The summed E-state index contributed by atoms with van der Waals surface area (Å²) in [6.07, 6.45) is 5.61. The Hall–Kier alpha value is -2.14. The van der Waals surface area contributed by atoms with Gasteiger partial charge in [-0.3, -0.25) is 4.98 Å². The summed E-state index contributed by atoms with van der Waals surface area (Å²) >= 11 is 0. The van der Waals surface area contributed by atoms with Crippen LogP contribution in [-0.2, 0) is 6.42 Å². The average molecular weight is 255 g/mol. The summed E-state index contributed by atoms with van der Waals surface area (Å²) in [5.74, 6) is 6.09. The Balaban J connectivity index is 2.07. The number of benzene rings is 1. The van der Waals surface area contributed by atoms with Crippen LogP contribution in [0.4, 0.5) is 11.5 Å². The van der Waals surface area contributed by atoms with Crippen LogP contribution >= 0.6 is 0 Å². The third kappa shape index (κ3) is 2.13. The molecule has 0 atom stereocenters. The fourth-order valence-electron chi connectivity index (χ4n) is 2.59. The van der Waals surface area contributed by atoms with Gasteiger partial charge in [0.2, 0.25) is 0 Å². The van der Waals surface area contributed by atoms with Gasteiger partial charge in [0.25, 0.3) is 0 Å². The molecule has 5 nitrogen and oxygen atoms in total. The van der Waals surface area contributed by atoms with E-state index in [1.54, 1.807) is 12.4 Å². The lowest BCUT2D eigenvalue weighted by atomic mass is 9.98. The highest BCUT2D eigenvalue weighted by Crippen LogP contribution is 2.31. The first kappa shape index (κ1) is 11.9. The molecule has 0 saturated carbocycles. The van der Waals surface area contributed by atoms with Crippen molar-refractivity contribution in [1.29, 1.82) is 0 Å². The first-order valence-corrected chi connectivity index (χ1v) is 6.41. The zero-order valence-corrected chi connectivity index (χ0v) is 10.9. The van der Waals surface area contributed by atoms with Crippen LogP contribution in [0.2, 0.25) is 0 Å². The minimum atomic E-state index is 0.603. The number of hydrazine groups is 1. The van der Waals surface area contributed by atoms with E-state index in [-0.39, 0.29) is 0 Å². The van der Waals surface area contributed by atoms with E-state index < -0.39 is 0 Å². The molecular formula is C14H17N5. The Kier molecular flexibility index (Phi) is 3.05. The van der Waals surface area contributed by atoms with E-state index in [2.05, 4.69) is 45.5 Å². The maximum absolute atomic E-state index is 5.49. The molecule has 3 rings (SSSR count). The van der Waals surface area contributed by atoms with E-state index in [0.29, 0.717) is 5.82 Å². The number of aryl methyl sites for hydroxylation is 1. The van der Waals surface area contributed by atoms with Crippen molar-refractivity contribution in [2.75, 3.05) is 23.9 Å². The second-order valence-electron chi connectivity index (χ2n) is 4.77. The van der Waals surface area contributed by atoms with Crippen molar-refractivity contribution in [3.05, 3.63) is 36.2 Å². The van der Waals surface area contributed by atoms with Gasteiger partial charge in [-0.05, 0) is 30.5 Å². The average Bonchev–Trinajstić information content (AvgIpc) is 2.47. The highest BCUT2D eigenvalue weighted by Gasteiger charge is 2.15. The molecule has 0 fully saturated rings. The van der Waals surface area contributed by atoms with Crippen LogP contribution < -0.4 is 16.2 Å². The predicted octanol–water partition coefficient (Wildman–Crippen LogP) is 1.81. The molecule has 1 aliphatic heterocycles. The van der Waals surface area contributed by atoms with Crippen molar-refractivity contribution >= 4 is 11.5 Å². The molecule has 0 amide bonds. The van der Waals surface area contributed by atoms with Gasteiger partial charge in [-0.25, -0.2) is 10.8 Å². The standard InChI is InChI=1S/C14H17N5/c1-19-8-2-3-10-9-11(4-5-12(10)19)13-14(18-15)17-7-6-16-13/h4-7,9H,2-3,8,15H2,1H3,(H,17,18). The number of anilines is 2. The topological polar surface area (TPSA) is 67.1 Å². The van der Waals surface area contributed by atoms with Crippen molar-refractivity contribution in [1.82, 2.24) is 9.97 Å². The number of fused-ring (bicyclic) bond motifs is 1. The largest absolute Gasteiger partial charge is 0.374 e. The lowest BCUT2D eigenvalue weighted by Gasteiger charge is -2.27. The van der Waals surface area contributed by atoms with Gasteiger partial charge in [-0.1, -0.05) is 6.07 Å². The van der Waals surface area contributed by atoms with Crippen LogP contribution in [0.3, 0.4) is 0 Å². The van der Waals surface area contributed by atoms with Gasteiger partial charge in [0, 0.05) is 37.2 Å². The number of nitrogens with two attached hydrogens (primary N) is 1. The Bertz CT molecular complexity index is 596. The van der Waals surface area contributed by atoms with E-state index >= 15 is 0 Å². The lowest BCUT2D eigenvalue weighted by Crippen LogP contribution is -2.24. The molecule has 3 N–H and O–H groups in total. The fraction of sp³-hybridized carbons (Fsp3) is 0.286. The number of rotatable bonds is 2. The number of hydrogen-bond acceptors (Lipinski definition) is 5. The lowest BCUT2D eigenvalue weighted by molar-refractivity contribution is 0.745. The summed E-state index contributed by atoms with van der Waals surface area (Å²) in [5.41, 5.74) is 7.11. The highest BCUT2D eigenvalue weighted by atomic mass is 15.3. The molecule has 19 heavy (non-hydrogen) atoms. The molecule has 0 bridgehead atoms. The molecule has 1 aromatic carbocycles. The van der Waals surface area contributed by atoms with Crippen molar-refractivity contribution in [2.24, 2.45) is 5.84 Å². The summed E-state index contributed by atoms with van der Waals surface area (Å²) in [7, 11) is 2.13. The Labute approximate surface area is 112 Å². The summed E-state index contributed by atoms with van der Waals surface area (Å²) in [6.45, 7) is 1.12.